The van der Waals surface area contributed by atoms with Crippen molar-refractivity contribution in [2.45, 2.75) is 6.54 Å². The topological polar surface area (TPSA) is 40.5 Å². The lowest BCUT2D eigenvalue weighted by Gasteiger charge is -2.18. The highest BCUT2D eigenvalue weighted by atomic mass is 79.9. The number of carboxylic acid groups (broad SMARTS) is 1. The highest BCUT2D eigenvalue weighted by molar-refractivity contribution is 9.10. The SMILES string of the molecule is C#CCN(CC(=O)O)Cc1ccc(Br)cc1Cl. The molecule has 0 atom stereocenters. The number of aliphatic carboxylic acids is 1. The first kappa shape index (κ1) is 14.0. The van der Waals surface area contributed by atoms with Crippen molar-refractivity contribution in [3.8, 4) is 12.3 Å². The van der Waals surface area contributed by atoms with Gasteiger partial charge in [0.25, 0.3) is 0 Å². The van der Waals surface area contributed by atoms with Gasteiger partial charge >= 0.3 is 5.97 Å². The number of carbonyl (C=O) groups is 1. The van der Waals surface area contributed by atoms with Gasteiger partial charge in [0.1, 0.15) is 0 Å². The molecule has 1 N–H and O–H groups in total. The second kappa shape index (κ2) is 6.65. The number of rotatable bonds is 5. The first-order valence-electron chi connectivity index (χ1n) is 4.84. The van der Waals surface area contributed by atoms with Gasteiger partial charge in [-0.3, -0.25) is 9.69 Å². The molecule has 0 radical (unpaired) electrons. The van der Waals surface area contributed by atoms with E-state index < -0.39 is 5.97 Å². The molecule has 0 bridgehead atoms. The van der Waals surface area contributed by atoms with Crippen LogP contribution in [0.4, 0.5) is 0 Å². The largest absolute Gasteiger partial charge is 0.480 e. The molecule has 0 fully saturated rings. The zero-order valence-electron chi connectivity index (χ0n) is 8.99. The summed E-state index contributed by atoms with van der Waals surface area (Å²) in [5.41, 5.74) is 0.853. The molecule has 0 spiro atoms. The van der Waals surface area contributed by atoms with E-state index in [9.17, 15) is 4.79 Å². The predicted molar refractivity (Wildman–Crippen MR) is 70.9 cm³/mol. The third kappa shape index (κ3) is 4.78. The normalized spacial score (nSPS) is 10.2. The van der Waals surface area contributed by atoms with Crippen LogP contribution in [0.1, 0.15) is 5.56 Å². The van der Waals surface area contributed by atoms with Crippen molar-refractivity contribution in [3.05, 3.63) is 33.3 Å². The van der Waals surface area contributed by atoms with Gasteiger partial charge in [-0.25, -0.2) is 0 Å². The molecule has 0 amide bonds. The molecule has 0 unspecified atom stereocenters. The highest BCUT2D eigenvalue weighted by Gasteiger charge is 2.11. The number of halogens is 2. The van der Waals surface area contributed by atoms with Crippen LogP contribution in [0.5, 0.6) is 0 Å². The summed E-state index contributed by atoms with van der Waals surface area (Å²) in [5, 5.41) is 9.34. The van der Waals surface area contributed by atoms with E-state index in [-0.39, 0.29) is 13.1 Å². The van der Waals surface area contributed by atoms with Gasteiger partial charge in [0.15, 0.2) is 0 Å². The molecule has 0 saturated heterocycles. The van der Waals surface area contributed by atoms with E-state index in [4.69, 9.17) is 23.1 Å². The van der Waals surface area contributed by atoms with E-state index in [0.29, 0.717) is 11.6 Å². The van der Waals surface area contributed by atoms with Crippen LogP contribution in [0.2, 0.25) is 5.02 Å². The third-order valence-corrected chi connectivity index (χ3v) is 2.93. The van der Waals surface area contributed by atoms with Gasteiger partial charge in [-0.2, -0.15) is 0 Å². The molecule has 0 saturated carbocycles. The lowest BCUT2D eigenvalue weighted by Crippen LogP contribution is -2.29. The minimum Gasteiger partial charge on any atom is -0.480 e. The van der Waals surface area contributed by atoms with Crippen LogP contribution in [0.25, 0.3) is 0 Å². The maximum absolute atomic E-state index is 10.7. The molecule has 1 aromatic rings. The zero-order chi connectivity index (χ0) is 12.8. The van der Waals surface area contributed by atoms with Crippen molar-refractivity contribution in [3.63, 3.8) is 0 Å². The smallest absolute Gasteiger partial charge is 0.317 e. The number of hydrogen-bond donors (Lipinski definition) is 1. The highest BCUT2D eigenvalue weighted by Crippen LogP contribution is 2.22. The average Bonchev–Trinajstić information content (AvgIpc) is 2.21. The van der Waals surface area contributed by atoms with Crippen molar-refractivity contribution in [2.75, 3.05) is 13.1 Å². The van der Waals surface area contributed by atoms with Crippen molar-refractivity contribution in [1.29, 1.82) is 0 Å². The zero-order valence-corrected chi connectivity index (χ0v) is 11.3. The van der Waals surface area contributed by atoms with Crippen molar-refractivity contribution < 1.29 is 9.90 Å². The van der Waals surface area contributed by atoms with Gasteiger partial charge < -0.3 is 5.11 Å². The van der Waals surface area contributed by atoms with Gasteiger partial charge in [0, 0.05) is 16.0 Å². The average molecular weight is 317 g/mol. The first-order chi connectivity index (χ1) is 8.02. The molecule has 90 valence electrons. The summed E-state index contributed by atoms with van der Waals surface area (Å²) in [6.45, 7) is 0.595. The first-order valence-corrected chi connectivity index (χ1v) is 6.01. The Morgan fingerprint density at radius 2 is 2.29 bits per heavy atom. The van der Waals surface area contributed by atoms with Crippen LogP contribution in [0, 0.1) is 12.3 Å². The Labute approximate surface area is 114 Å². The van der Waals surface area contributed by atoms with Crippen molar-refractivity contribution in [2.24, 2.45) is 0 Å². The fraction of sp³-hybridized carbons (Fsp3) is 0.250. The number of carboxylic acids is 1. The van der Waals surface area contributed by atoms with E-state index in [1.54, 1.807) is 11.0 Å². The molecule has 17 heavy (non-hydrogen) atoms. The van der Waals surface area contributed by atoms with Crippen LogP contribution in [-0.2, 0) is 11.3 Å². The number of terminal acetylenes is 1. The number of hydrogen-bond acceptors (Lipinski definition) is 2. The summed E-state index contributed by atoms with van der Waals surface area (Å²) in [7, 11) is 0. The Kier molecular flexibility index (Phi) is 5.49. The molecule has 0 aliphatic carbocycles. The minimum absolute atomic E-state index is 0.101. The van der Waals surface area contributed by atoms with Gasteiger partial charge in [0.2, 0.25) is 0 Å². The van der Waals surface area contributed by atoms with Crippen LogP contribution in [-0.4, -0.2) is 29.1 Å². The number of benzene rings is 1. The van der Waals surface area contributed by atoms with Crippen LogP contribution < -0.4 is 0 Å². The van der Waals surface area contributed by atoms with Crippen LogP contribution in [0.15, 0.2) is 22.7 Å². The molecule has 1 rings (SSSR count). The molecule has 3 nitrogen and oxygen atoms in total. The number of nitrogens with zero attached hydrogens (tertiary/aromatic N) is 1. The van der Waals surface area contributed by atoms with Gasteiger partial charge in [-0.05, 0) is 17.7 Å². The van der Waals surface area contributed by atoms with Gasteiger partial charge in [-0.1, -0.05) is 39.5 Å². The van der Waals surface area contributed by atoms with Crippen LogP contribution in [0.3, 0.4) is 0 Å². The molecule has 0 heterocycles. The summed E-state index contributed by atoms with van der Waals surface area (Å²) in [6.07, 6.45) is 5.20. The Morgan fingerprint density at radius 1 is 1.59 bits per heavy atom. The Hall–Kier alpha value is -1.02. The monoisotopic (exact) mass is 315 g/mol. The summed E-state index contributed by atoms with van der Waals surface area (Å²) >= 11 is 9.36. The van der Waals surface area contributed by atoms with E-state index in [1.807, 2.05) is 12.1 Å². The Bertz CT molecular complexity index is 456. The molecule has 0 aliphatic heterocycles. The van der Waals surface area contributed by atoms with Gasteiger partial charge in [-0.15, -0.1) is 6.42 Å². The molecular weight excluding hydrogens is 305 g/mol. The quantitative estimate of drug-likeness (QED) is 0.849. The van der Waals surface area contributed by atoms with E-state index in [2.05, 4.69) is 21.9 Å². The summed E-state index contributed by atoms with van der Waals surface area (Å²) < 4.78 is 0.882. The maximum atomic E-state index is 10.7. The van der Waals surface area contributed by atoms with Crippen molar-refractivity contribution >= 4 is 33.5 Å². The third-order valence-electron chi connectivity index (χ3n) is 2.08. The lowest BCUT2D eigenvalue weighted by atomic mass is 10.2. The van der Waals surface area contributed by atoms with E-state index >= 15 is 0 Å². The Balaban J connectivity index is 2.78. The molecular formula is C12H11BrClNO2. The summed E-state index contributed by atoms with van der Waals surface area (Å²) in [6, 6.07) is 5.47. The maximum Gasteiger partial charge on any atom is 0.317 e. The summed E-state index contributed by atoms with van der Waals surface area (Å²) in [5.74, 6) is 1.53. The van der Waals surface area contributed by atoms with Crippen LogP contribution >= 0.6 is 27.5 Å². The Morgan fingerprint density at radius 3 is 2.82 bits per heavy atom. The van der Waals surface area contributed by atoms with E-state index in [0.717, 1.165) is 10.0 Å². The second-order valence-corrected chi connectivity index (χ2v) is 4.80. The lowest BCUT2D eigenvalue weighted by molar-refractivity contribution is -0.138. The second-order valence-electron chi connectivity index (χ2n) is 3.48. The fourth-order valence-corrected chi connectivity index (χ4v) is 2.11. The predicted octanol–water partition coefficient (Wildman–Crippen LogP) is 2.62. The molecule has 5 heteroatoms. The molecule has 1 aromatic carbocycles. The van der Waals surface area contributed by atoms with E-state index in [1.165, 1.54) is 0 Å². The minimum atomic E-state index is -0.909. The van der Waals surface area contributed by atoms with Crippen molar-refractivity contribution in [1.82, 2.24) is 4.90 Å². The summed E-state index contributed by atoms with van der Waals surface area (Å²) in [4.78, 5) is 12.3. The van der Waals surface area contributed by atoms with Gasteiger partial charge in [0.05, 0.1) is 13.1 Å². The fourth-order valence-electron chi connectivity index (χ4n) is 1.38. The standard InChI is InChI=1S/C12H11BrClNO2/c1-2-5-15(8-12(16)17)7-9-3-4-10(13)6-11(9)14/h1,3-4,6H,5,7-8H2,(H,16,17). The molecule has 0 aliphatic rings. The molecule has 0 aromatic heterocycles.